The van der Waals surface area contributed by atoms with E-state index in [1.165, 1.54) is 0 Å². The van der Waals surface area contributed by atoms with E-state index in [1.807, 2.05) is 30.5 Å². The zero-order valence-corrected chi connectivity index (χ0v) is 9.68. The van der Waals surface area contributed by atoms with Crippen molar-refractivity contribution in [3.8, 4) is 23.3 Å². The van der Waals surface area contributed by atoms with Gasteiger partial charge in [-0.2, -0.15) is 5.26 Å². The topological polar surface area (TPSA) is 47.2 Å². The summed E-state index contributed by atoms with van der Waals surface area (Å²) in [6.45, 7) is 0. The molecule has 1 aromatic heterocycles. The highest BCUT2D eigenvalue weighted by Crippen LogP contribution is 2.28. The summed E-state index contributed by atoms with van der Waals surface area (Å²) in [5, 5.41) is 9.02. The second-order valence-electron chi connectivity index (χ2n) is 3.41. The molecule has 0 fully saturated rings. The molecule has 0 aliphatic rings. The minimum atomic E-state index is 0.552. The third-order valence-corrected chi connectivity index (χ3v) is 2.51. The summed E-state index contributed by atoms with van der Waals surface area (Å²) in [7, 11) is 3.20. The van der Waals surface area contributed by atoms with Crippen molar-refractivity contribution in [2.24, 2.45) is 0 Å². The van der Waals surface area contributed by atoms with Gasteiger partial charge in [0.2, 0.25) is 0 Å². The van der Waals surface area contributed by atoms with Crippen LogP contribution in [-0.2, 0) is 0 Å². The number of aromatic nitrogens is 1. The maximum Gasteiger partial charge on any atom is 0.143 e. The average Bonchev–Trinajstić information content (AvgIpc) is 2.86. The van der Waals surface area contributed by atoms with Crippen LogP contribution in [0.1, 0.15) is 5.69 Å². The lowest BCUT2D eigenvalue weighted by Crippen LogP contribution is -1.99. The molecule has 4 nitrogen and oxygen atoms in total. The van der Waals surface area contributed by atoms with Crippen LogP contribution < -0.4 is 9.47 Å². The summed E-state index contributed by atoms with van der Waals surface area (Å²) in [5.74, 6) is 1.41. The first-order chi connectivity index (χ1) is 8.30. The molecule has 0 unspecified atom stereocenters. The molecule has 86 valence electrons. The number of hydrogen-bond acceptors (Lipinski definition) is 3. The third kappa shape index (κ3) is 1.95. The van der Waals surface area contributed by atoms with Crippen molar-refractivity contribution in [1.29, 1.82) is 5.26 Å². The van der Waals surface area contributed by atoms with Crippen molar-refractivity contribution in [2.45, 2.75) is 0 Å². The highest BCUT2D eigenvalue weighted by Gasteiger charge is 2.09. The zero-order valence-electron chi connectivity index (χ0n) is 9.68. The molecule has 0 aliphatic carbocycles. The maximum absolute atomic E-state index is 9.02. The predicted molar refractivity (Wildman–Crippen MR) is 63.6 cm³/mol. The van der Waals surface area contributed by atoms with Crippen molar-refractivity contribution in [1.82, 2.24) is 4.57 Å². The fourth-order valence-corrected chi connectivity index (χ4v) is 1.67. The van der Waals surface area contributed by atoms with Gasteiger partial charge in [-0.15, -0.1) is 0 Å². The first-order valence-electron chi connectivity index (χ1n) is 5.10. The fourth-order valence-electron chi connectivity index (χ4n) is 1.67. The lowest BCUT2D eigenvalue weighted by atomic mass is 10.2. The van der Waals surface area contributed by atoms with Crippen LogP contribution in [-0.4, -0.2) is 18.8 Å². The van der Waals surface area contributed by atoms with Gasteiger partial charge in [-0.05, 0) is 24.3 Å². The second-order valence-corrected chi connectivity index (χ2v) is 3.41. The van der Waals surface area contributed by atoms with E-state index in [1.54, 1.807) is 24.9 Å². The van der Waals surface area contributed by atoms with E-state index in [4.69, 9.17) is 14.7 Å². The highest BCUT2D eigenvalue weighted by atomic mass is 16.5. The van der Waals surface area contributed by atoms with Crippen LogP contribution in [0.5, 0.6) is 11.5 Å². The van der Waals surface area contributed by atoms with Crippen LogP contribution >= 0.6 is 0 Å². The number of rotatable bonds is 3. The number of ether oxygens (including phenoxy) is 2. The predicted octanol–water partition coefficient (Wildman–Crippen LogP) is 2.37. The number of nitriles is 1. The molecule has 0 spiro atoms. The van der Waals surface area contributed by atoms with E-state index in [0.29, 0.717) is 11.4 Å². The molecule has 0 aliphatic heterocycles. The summed E-state index contributed by atoms with van der Waals surface area (Å²) < 4.78 is 12.2. The number of methoxy groups -OCH3 is 2. The maximum atomic E-state index is 9.02. The van der Waals surface area contributed by atoms with E-state index in [-0.39, 0.29) is 0 Å². The molecule has 2 aromatic rings. The van der Waals surface area contributed by atoms with Crippen molar-refractivity contribution < 1.29 is 9.47 Å². The van der Waals surface area contributed by atoms with Gasteiger partial charge in [-0.1, -0.05) is 0 Å². The molecular weight excluding hydrogens is 216 g/mol. The molecule has 0 radical (unpaired) electrons. The van der Waals surface area contributed by atoms with E-state index in [0.717, 1.165) is 11.4 Å². The standard InChI is InChI=1S/C13H12N2O2/c1-16-11-5-6-13(17-2)12(8-11)15-7-3-4-10(15)9-14/h3-8H,1-2H3. The number of hydrogen-bond donors (Lipinski definition) is 0. The van der Waals surface area contributed by atoms with E-state index < -0.39 is 0 Å². The van der Waals surface area contributed by atoms with Crippen LogP contribution in [0.2, 0.25) is 0 Å². The summed E-state index contributed by atoms with van der Waals surface area (Å²) in [4.78, 5) is 0. The van der Waals surface area contributed by atoms with Crippen LogP contribution in [0.4, 0.5) is 0 Å². The monoisotopic (exact) mass is 228 g/mol. The second kappa shape index (κ2) is 4.62. The van der Waals surface area contributed by atoms with Gasteiger partial charge in [0.05, 0.1) is 19.9 Å². The molecule has 1 heterocycles. The number of nitrogens with zero attached hydrogens (tertiary/aromatic N) is 2. The Balaban J connectivity index is 2.61. The Hall–Kier alpha value is -2.41. The Bertz CT molecular complexity index is 567. The molecule has 0 bridgehead atoms. The van der Waals surface area contributed by atoms with Crippen LogP contribution in [0.3, 0.4) is 0 Å². The SMILES string of the molecule is COc1ccc(OC)c(-n2cccc2C#N)c1. The largest absolute Gasteiger partial charge is 0.497 e. The first kappa shape index (κ1) is 11.1. The summed E-state index contributed by atoms with van der Waals surface area (Å²) in [6.07, 6.45) is 1.82. The molecule has 0 saturated carbocycles. The Labute approximate surface area is 99.6 Å². The lowest BCUT2D eigenvalue weighted by Gasteiger charge is -2.12. The number of benzene rings is 1. The summed E-state index contributed by atoms with van der Waals surface area (Å²) in [6, 6.07) is 11.2. The van der Waals surface area contributed by atoms with Crippen LogP contribution in [0, 0.1) is 11.3 Å². The smallest absolute Gasteiger partial charge is 0.143 e. The molecule has 0 atom stereocenters. The average molecular weight is 228 g/mol. The molecule has 4 heteroatoms. The van der Waals surface area contributed by atoms with Crippen LogP contribution in [0.25, 0.3) is 5.69 Å². The first-order valence-corrected chi connectivity index (χ1v) is 5.10. The van der Waals surface area contributed by atoms with Crippen LogP contribution in [0.15, 0.2) is 36.5 Å². The van der Waals surface area contributed by atoms with Crippen molar-refractivity contribution in [2.75, 3.05) is 14.2 Å². The fraction of sp³-hybridized carbons (Fsp3) is 0.154. The van der Waals surface area contributed by atoms with E-state index in [9.17, 15) is 0 Å². The van der Waals surface area contributed by atoms with Gasteiger partial charge in [0, 0.05) is 12.3 Å². The lowest BCUT2D eigenvalue weighted by molar-refractivity contribution is 0.401. The molecule has 0 N–H and O–H groups in total. The molecule has 0 amide bonds. The van der Waals surface area contributed by atoms with Gasteiger partial charge in [-0.25, -0.2) is 0 Å². The molecule has 2 rings (SSSR count). The molecular formula is C13H12N2O2. The van der Waals surface area contributed by atoms with Crippen molar-refractivity contribution in [3.05, 3.63) is 42.2 Å². The minimum absolute atomic E-state index is 0.552. The third-order valence-electron chi connectivity index (χ3n) is 2.51. The Morgan fingerprint density at radius 1 is 1.18 bits per heavy atom. The van der Waals surface area contributed by atoms with Gasteiger partial charge in [-0.3, -0.25) is 0 Å². The van der Waals surface area contributed by atoms with E-state index in [2.05, 4.69) is 6.07 Å². The van der Waals surface area contributed by atoms with E-state index >= 15 is 0 Å². The van der Waals surface area contributed by atoms with Gasteiger partial charge in [0.25, 0.3) is 0 Å². The van der Waals surface area contributed by atoms with Gasteiger partial charge < -0.3 is 14.0 Å². The molecule has 0 saturated heterocycles. The van der Waals surface area contributed by atoms with Crippen molar-refractivity contribution in [3.63, 3.8) is 0 Å². The summed E-state index contributed by atoms with van der Waals surface area (Å²) >= 11 is 0. The Kier molecular flexibility index (Phi) is 3.01. The Morgan fingerprint density at radius 3 is 2.65 bits per heavy atom. The molecule has 1 aromatic carbocycles. The normalized spacial score (nSPS) is 9.71. The molecule has 17 heavy (non-hydrogen) atoms. The minimum Gasteiger partial charge on any atom is -0.497 e. The Morgan fingerprint density at radius 2 is 2.00 bits per heavy atom. The summed E-state index contributed by atoms with van der Waals surface area (Å²) in [5.41, 5.74) is 1.34. The highest BCUT2D eigenvalue weighted by molar-refractivity contribution is 5.53. The quantitative estimate of drug-likeness (QED) is 0.810. The van der Waals surface area contributed by atoms with Gasteiger partial charge in [0.1, 0.15) is 23.3 Å². The van der Waals surface area contributed by atoms with Gasteiger partial charge in [0.15, 0.2) is 0 Å². The van der Waals surface area contributed by atoms with Gasteiger partial charge >= 0.3 is 0 Å². The zero-order chi connectivity index (χ0) is 12.3. The van der Waals surface area contributed by atoms with Crippen molar-refractivity contribution >= 4 is 0 Å².